The van der Waals surface area contributed by atoms with Crippen LogP contribution in [0.15, 0.2) is 42.5 Å². The van der Waals surface area contributed by atoms with Gasteiger partial charge in [-0.2, -0.15) is 5.10 Å². The molecule has 0 fully saturated rings. The van der Waals surface area contributed by atoms with E-state index in [1.54, 1.807) is 19.1 Å². The Labute approximate surface area is 269 Å². The van der Waals surface area contributed by atoms with E-state index in [1.165, 1.54) is 28.4 Å². The van der Waals surface area contributed by atoms with Gasteiger partial charge in [0, 0.05) is 58.1 Å². The van der Waals surface area contributed by atoms with Crippen molar-refractivity contribution in [3.63, 3.8) is 0 Å². The zero-order valence-electron chi connectivity index (χ0n) is 27.0. The Morgan fingerprint density at radius 3 is 2.61 bits per heavy atom. The number of nitrogens with zero attached hydrogens (tertiary/aromatic N) is 3. The van der Waals surface area contributed by atoms with Gasteiger partial charge in [-0.1, -0.05) is 6.07 Å². The van der Waals surface area contributed by atoms with Gasteiger partial charge in [0.15, 0.2) is 5.69 Å². The molecule has 4 rings (SSSR count). The molecule has 0 saturated carbocycles. The smallest absolute Gasteiger partial charge is 0.272 e. The maximum Gasteiger partial charge on any atom is 0.272 e. The number of aliphatic hydroxyl groups excluding tert-OH is 1. The number of methoxy groups -OCH3 is 1. The summed E-state index contributed by atoms with van der Waals surface area (Å²) in [6.07, 6.45) is 2.27. The number of aliphatic hydroxyl groups is 1. The maximum atomic E-state index is 14.1. The number of ether oxygens (including phenoxy) is 2. The predicted octanol–water partition coefficient (Wildman–Crippen LogP) is 4.06. The average molecular weight is 642 g/mol. The molecule has 0 bridgehead atoms. The minimum Gasteiger partial charge on any atom is -0.497 e. The molecule has 10 nitrogen and oxygen atoms in total. The third kappa shape index (κ3) is 9.11. The summed E-state index contributed by atoms with van der Waals surface area (Å²) in [5.74, 6) is -1.67. The van der Waals surface area contributed by atoms with E-state index >= 15 is 0 Å². The Hall–Kier alpha value is -3.87. The summed E-state index contributed by atoms with van der Waals surface area (Å²) < 4.78 is 40.4. The highest BCUT2D eigenvalue weighted by Gasteiger charge is 2.28. The summed E-state index contributed by atoms with van der Waals surface area (Å²) in [5.41, 5.74) is 2.82. The topological polar surface area (TPSA) is 118 Å². The first-order chi connectivity index (χ1) is 22.1. The number of aryl methyl sites for hydroxylation is 2. The highest BCUT2D eigenvalue weighted by molar-refractivity contribution is 5.98. The highest BCUT2D eigenvalue weighted by atomic mass is 19.1. The van der Waals surface area contributed by atoms with Crippen LogP contribution < -0.4 is 15.4 Å². The van der Waals surface area contributed by atoms with E-state index in [1.807, 2.05) is 32.0 Å². The Morgan fingerprint density at radius 2 is 1.91 bits per heavy atom. The quantitative estimate of drug-likeness (QED) is 0.202. The SMILES string of the molecule is CCOCCCN(C)C(=O)c1cc(C(=O)N[C@@H](Cc2cc(F)cc(F)c2)[C@H](O)CN[C@H]2CCCc3ccc(OC)cc32)nn1CC. The van der Waals surface area contributed by atoms with E-state index in [0.717, 1.165) is 36.6 Å². The van der Waals surface area contributed by atoms with Gasteiger partial charge in [0.2, 0.25) is 0 Å². The van der Waals surface area contributed by atoms with Crippen molar-refractivity contribution < 1.29 is 33.0 Å². The summed E-state index contributed by atoms with van der Waals surface area (Å²) in [6, 6.07) is 9.55. The predicted molar refractivity (Wildman–Crippen MR) is 170 cm³/mol. The van der Waals surface area contributed by atoms with Gasteiger partial charge in [-0.05, 0) is 86.9 Å². The molecule has 3 atom stereocenters. The molecule has 3 aromatic rings. The lowest BCUT2D eigenvalue weighted by atomic mass is 9.87. The zero-order chi connectivity index (χ0) is 33.2. The maximum absolute atomic E-state index is 14.1. The normalized spacial score (nSPS) is 15.6. The van der Waals surface area contributed by atoms with E-state index in [0.29, 0.717) is 32.7 Å². The Balaban J connectivity index is 1.51. The van der Waals surface area contributed by atoms with Crippen LogP contribution in [0.3, 0.4) is 0 Å². The number of nitrogens with one attached hydrogen (secondary N) is 2. The van der Waals surface area contributed by atoms with E-state index in [2.05, 4.69) is 15.7 Å². The number of carbonyl (C=O) groups excluding carboxylic acids is 2. The van der Waals surface area contributed by atoms with Crippen LogP contribution in [0.4, 0.5) is 8.78 Å². The average Bonchev–Trinajstić information content (AvgIpc) is 3.49. The number of hydrogen-bond donors (Lipinski definition) is 3. The number of carbonyl (C=O) groups is 2. The van der Waals surface area contributed by atoms with Crippen molar-refractivity contribution in [1.82, 2.24) is 25.3 Å². The van der Waals surface area contributed by atoms with Crippen molar-refractivity contribution in [1.29, 1.82) is 0 Å². The molecule has 0 spiro atoms. The summed E-state index contributed by atoms with van der Waals surface area (Å²) in [7, 11) is 3.29. The second kappa shape index (κ2) is 16.6. The fraction of sp³-hybridized carbons (Fsp3) is 0.500. The van der Waals surface area contributed by atoms with Gasteiger partial charge >= 0.3 is 0 Å². The van der Waals surface area contributed by atoms with Gasteiger partial charge in [-0.3, -0.25) is 14.3 Å². The van der Waals surface area contributed by atoms with E-state index < -0.39 is 29.7 Å². The first-order valence-electron chi connectivity index (χ1n) is 15.9. The largest absolute Gasteiger partial charge is 0.497 e. The van der Waals surface area contributed by atoms with Crippen LogP contribution in [-0.2, 0) is 24.1 Å². The molecule has 46 heavy (non-hydrogen) atoms. The molecule has 1 heterocycles. The Kier molecular flexibility index (Phi) is 12.6. The molecular weight excluding hydrogens is 596 g/mol. The molecule has 0 radical (unpaired) electrons. The fourth-order valence-corrected chi connectivity index (χ4v) is 5.82. The number of amides is 2. The third-order valence-corrected chi connectivity index (χ3v) is 8.26. The standard InChI is InChI=1S/C34H45F2N5O5/c1-5-41-31(34(44)40(3)13-8-14-46-6-2)20-30(39-41)33(43)38-29(17-22-15-24(35)18-25(36)16-22)32(42)21-37-28-10-7-9-23-11-12-26(45-4)19-27(23)28/h11-12,15-16,18-20,28-29,32,37,42H,5-10,13-14,17,21H2,1-4H3,(H,38,43)/t28-,29-,32+/m0/s1. The second-order valence-electron chi connectivity index (χ2n) is 11.6. The van der Waals surface area contributed by atoms with Gasteiger partial charge in [0.25, 0.3) is 11.8 Å². The van der Waals surface area contributed by atoms with Crippen LogP contribution in [0, 0.1) is 11.6 Å². The fourth-order valence-electron chi connectivity index (χ4n) is 5.82. The lowest BCUT2D eigenvalue weighted by molar-refractivity contribution is 0.0756. The van der Waals surface area contributed by atoms with Gasteiger partial charge in [0.1, 0.15) is 23.1 Å². The molecular formula is C34H45F2N5O5. The van der Waals surface area contributed by atoms with E-state index in [9.17, 15) is 23.5 Å². The van der Waals surface area contributed by atoms with Crippen molar-refractivity contribution in [2.75, 3.05) is 40.5 Å². The summed E-state index contributed by atoms with van der Waals surface area (Å²) in [5, 5.41) is 22.0. The number of halogens is 2. The first-order valence-corrected chi connectivity index (χ1v) is 15.9. The molecule has 2 aromatic carbocycles. The molecule has 2 amide bonds. The second-order valence-corrected chi connectivity index (χ2v) is 11.6. The van der Waals surface area contributed by atoms with Crippen molar-refractivity contribution in [3.8, 4) is 5.75 Å². The lowest BCUT2D eigenvalue weighted by Gasteiger charge is -2.30. The van der Waals surface area contributed by atoms with Crippen LogP contribution in [0.1, 0.15) is 76.8 Å². The number of fused-ring (bicyclic) bond motifs is 1. The van der Waals surface area contributed by atoms with E-state index in [4.69, 9.17) is 9.47 Å². The summed E-state index contributed by atoms with van der Waals surface area (Å²) >= 11 is 0. The van der Waals surface area contributed by atoms with Crippen LogP contribution in [0.2, 0.25) is 0 Å². The minimum atomic E-state index is -1.13. The molecule has 1 aliphatic carbocycles. The molecule has 1 aliphatic rings. The zero-order valence-corrected chi connectivity index (χ0v) is 27.0. The molecule has 1 aromatic heterocycles. The van der Waals surface area contributed by atoms with Crippen molar-refractivity contribution in [2.24, 2.45) is 0 Å². The van der Waals surface area contributed by atoms with E-state index in [-0.39, 0.29) is 41.9 Å². The van der Waals surface area contributed by atoms with Crippen LogP contribution in [-0.4, -0.2) is 84.2 Å². The van der Waals surface area contributed by atoms with Gasteiger partial charge in [0.05, 0.1) is 19.3 Å². The Morgan fingerprint density at radius 1 is 1.15 bits per heavy atom. The van der Waals surface area contributed by atoms with Crippen molar-refractivity contribution >= 4 is 11.8 Å². The summed E-state index contributed by atoms with van der Waals surface area (Å²) in [4.78, 5) is 28.3. The molecule has 250 valence electrons. The number of rotatable bonds is 16. The monoisotopic (exact) mass is 641 g/mol. The Bertz CT molecular complexity index is 1460. The lowest BCUT2D eigenvalue weighted by Crippen LogP contribution is -2.49. The van der Waals surface area contributed by atoms with Gasteiger partial charge < -0.3 is 30.1 Å². The molecule has 12 heteroatoms. The molecule has 0 aliphatic heterocycles. The molecule has 0 unspecified atom stereocenters. The third-order valence-electron chi connectivity index (χ3n) is 8.26. The number of aromatic nitrogens is 2. The number of hydrogen-bond acceptors (Lipinski definition) is 7. The van der Waals surface area contributed by atoms with Crippen LogP contribution in [0.5, 0.6) is 5.75 Å². The summed E-state index contributed by atoms with van der Waals surface area (Å²) in [6.45, 7) is 5.78. The van der Waals surface area contributed by atoms with Crippen LogP contribution >= 0.6 is 0 Å². The van der Waals surface area contributed by atoms with Gasteiger partial charge in [-0.15, -0.1) is 0 Å². The van der Waals surface area contributed by atoms with Crippen LogP contribution in [0.25, 0.3) is 0 Å². The van der Waals surface area contributed by atoms with Crippen molar-refractivity contribution in [3.05, 3.63) is 82.2 Å². The molecule has 3 N–H and O–H groups in total. The highest BCUT2D eigenvalue weighted by Crippen LogP contribution is 2.32. The van der Waals surface area contributed by atoms with Crippen molar-refractivity contribution in [2.45, 2.75) is 70.7 Å². The minimum absolute atomic E-state index is 0.00296. The first kappa shape index (κ1) is 35.0. The number of benzene rings is 2. The van der Waals surface area contributed by atoms with Gasteiger partial charge in [-0.25, -0.2) is 8.78 Å². The molecule has 0 saturated heterocycles.